The molecule has 138 valence electrons. The highest BCUT2D eigenvalue weighted by atomic mass is 79.9. The molecule has 0 saturated carbocycles. The number of hydrogen-bond donors (Lipinski definition) is 1. The SMILES string of the molecule is COC(=O)/C=C1/S/C(=N\N=Cc2cc(Br)cc(Br)c2OC(C)C)NC1=O. The van der Waals surface area contributed by atoms with Gasteiger partial charge in [0.25, 0.3) is 5.91 Å². The van der Waals surface area contributed by atoms with E-state index >= 15 is 0 Å². The van der Waals surface area contributed by atoms with Gasteiger partial charge in [0, 0.05) is 16.1 Å². The van der Waals surface area contributed by atoms with E-state index in [0.717, 1.165) is 26.8 Å². The minimum Gasteiger partial charge on any atom is -0.489 e. The third kappa shape index (κ3) is 5.68. The van der Waals surface area contributed by atoms with E-state index in [0.29, 0.717) is 11.3 Å². The molecule has 1 saturated heterocycles. The van der Waals surface area contributed by atoms with Crippen molar-refractivity contribution in [3.63, 3.8) is 0 Å². The van der Waals surface area contributed by atoms with Crippen LogP contribution in [0.3, 0.4) is 0 Å². The normalized spacial score (nSPS) is 17.4. The van der Waals surface area contributed by atoms with Crippen molar-refractivity contribution < 1.29 is 19.1 Å². The van der Waals surface area contributed by atoms with Gasteiger partial charge in [-0.25, -0.2) is 4.79 Å². The molecule has 26 heavy (non-hydrogen) atoms. The van der Waals surface area contributed by atoms with E-state index in [1.54, 1.807) is 0 Å². The molecule has 0 radical (unpaired) electrons. The second-order valence-electron chi connectivity index (χ2n) is 5.21. The van der Waals surface area contributed by atoms with Crippen molar-refractivity contribution in [3.8, 4) is 5.75 Å². The fraction of sp³-hybridized carbons (Fsp3) is 0.250. The Bertz CT molecular complexity index is 822. The maximum Gasteiger partial charge on any atom is 0.331 e. The Morgan fingerprint density at radius 3 is 2.73 bits per heavy atom. The number of thioether (sulfide) groups is 1. The molecular formula is C16H15Br2N3O4S. The summed E-state index contributed by atoms with van der Waals surface area (Å²) in [5.41, 5.74) is 0.712. The van der Waals surface area contributed by atoms with Crippen molar-refractivity contribution in [1.82, 2.24) is 5.32 Å². The summed E-state index contributed by atoms with van der Waals surface area (Å²) in [7, 11) is 1.24. The van der Waals surface area contributed by atoms with Crippen molar-refractivity contribution in [2.75, 3.05) is 7.11 Å². The molecule has 1 fully saturated rings. The van der Waals surface area contributed by atoms with Crippen LogP contribution in [0.4, 0.5) is 0 Å². The standard InChI is InChI=1S/C16H15Br2N3O4S/c1-8(2)25-14-9(4-10(17)5-11(14)18)7-19-21-16-20-15(23)12(26-16)6-13(22)24-3/h4-8H,1-3H3,(H,20,21,23)/b12-6+,19-7?. The quantitative estimate of drug-likeness (QED) is 0.286. The monoisotopic (exact) mass is 503 g/mol. The number of ether oxygens (including phenoxy) is 2. The molecule has 0 bridgehead atoms. The first-order valence-electron chi connectivity index (χ1n) is 7.35. The lowest BCUT2D eigenvalue weighted by Gasteiger charge is -2.14. The third-order valence-corrected chi connectivity index (χ3v) is 4.78. The van der Waals surface area contributed by atoms with Crippen LogP contribution in [0, 0.1) is 0 Å². The smallest absolute Gasteiger partial charge is 0.331 e. The summed E-state index contributed by atoms with van der Waals surface area (Å²) in [4.78, 5) is 23.2. The highest BCUT2D eigenvalue weighted by Gasteiger charge is 2.25. The van der Waals surface area contributed by atoms with E-state index in [4.69, 9.17) is 4.74 Å². The molecule has 0 aromatic heterocycles. The first kappa shape index (κ1) is 20.7. The lowest BCUT2D eigenvalue weighted by atomic mass is 10.2. The van der Waals surface area contributed by atoms with Crippen LogP contribution in [0.2, 0.25) is 0 Å². The summed E-state index contributed by atoms with van der Waals surface area (Å²) >= 11 is 7.89. The number of amidine groups is 1. The fourth-order valence-electron chi connectivity index (χ4n) is 1.82. The zero-order valence-corrected chi connectivity index (χ0v) is 18.1. The van der Waals surface area contributed by atoms with Crippen LogP contribution < -0.4 is 10.1 Å². The Labute approximate surface area is 171 Å². The van der Waals surface area contributed by atoms with Gasteiger partial charge < -0.3 is 9.47 Å². The first-order valence-corrected chi connectivity index (χ1v) is 9.76. The minimum atomic E-state index is -0.609. The van der Waals surface area contributed by atoms with Crippen molar-refractivity contribution in [1.29, 1.82) is 0 Å². The molecule has 0 atom stereocenters. The summed E-state index contributed by atoms with van der Waals surface area (Å²) in [5, 5.41) is 10.8. The summed E-state index contributed by atoms with van der Waals surface area (Å²) in [5.74, 6) is -0.396. The average molecular weight is 505 g/mol. The van der Waals surface area contributed by atoms with E-state index in [1.807, 2.05) is 26.0 Å². The molecule has 0 unspecified atom stereocenters. The molecule has 10 heteroatoms. The topological polar surface area (TPSA) is 89.3 Å². The number of esters is 1. The summed E-state index contributed by atoms with van der Waals surface area (Å²) in [6.45, 7) is 3.85. The van der Waals surface area contributed by atoms with Gasteiger partial charge in [0.15, 0.2) is 5.17 Å². The fourth-order valence-corrected chi connectivity index (χ4v) is 3.91. The third-order valence-electron chi connectivity index (χ3n) is 2.84. The number of rotatable bonds is 5. The van der Waals surface area contributed by atoms with Gasteiger partial charge >= 0.3 is 5.97 Å². The van der Waals surface area contributed by atoms with Crippen LogP contribution in [-0.4, -0.2) is 36.5 Å². The molecule has 1 N–H and O–H groups in total. The van der Waals surface area contributed by atoms with Gasteiger partial charge in [-0.15, -0.1) is 5.10 Å². The van der Waals surface area contributed by atoms with Crippen LogP contribution in [0.1, 0.15) is 19.4 Å². The van der Waals surface area contributed by atoms with Crippen molar-refractivity contribution in [3.05, 3.63) is 37.6 Å². The Hall–Kier alpha value is -1.65. The van der Waals surface area contributed by atoms with Gasteiger partial charge in [0.1, 0.15) is 5.75 Å². The number of nitrogens with one attached hydrogen (secondary N) is 1. The number of hydrogen-bond acceptors (Lipinski definition) is 7. The van der Waals surface area contributed by atoms with Gasteiger partial charge in [0.05, 0.1) is 28.8 Å². The first-order chi connectivity index (χ1) is 12.3. The molecular weight excluding hydrogens is 490 g/mol. The predicted octanol–water partition coefficient (Wildman–Crippen LogP) is 3.61. The summed E-state index contributed by atoms with van der Waals surface area (Å²) in [6, 6.07) is 3.72. The molecule has 7 nitrogen and oxygen atoms in total. The van der Waals surface area contributed by atoms with Gasteiger partial charge in [-0.3, -0.25) is 10.1 Å². The summed E-state index contributed by atoms with van der Waals surface area (Å²) in [6.07, 6.45) is 2.61. The van der Waals surface area contributed by atoms with Gasteiger partial charge in [-0.1, -0.05) is 15.9 Å². The molecule has 1 amide bonds. The zero-order chi connectivity index (χ0) is 19.3. The van der Waals surface area contributed by atoms with Crippen LogP contribution >= 0.6 is 43.6 Å². The maximum atomic E-state index is 11.8. The molecule has 1 aromatic rings. The molecule has 1 aliphatic rings. The number of carbonyl (C=O) groups excluding carboxylic acids is 2. The van der Waals surface area contributed by atoms with E-state index < -0.39 is 11.9 Å². The molecule has 2 rings (SSSR count). The van der Waals surface area contributed by atoms with Gasteiger partial charge in [-0.2, -0.15) is 5.10 Å². The van der Waals surface area contributed by atoms with Crippen molar-refractivity contribution in [2.45, 2.75) is 20.0 Å². The second-order valence-corrected chi connectivity index (χ2v) is 8.01. The number of methoxy groups -OCH3 is 1. The Balaban J connectivity index is 2.21. The molecule has 0 aliphatic carbocycles. The predicted molar refractivity (Wildman–Crippen MR) is 108 cm³/mol. The Morgan fingerprint density at radius 2 is 2.08 bits per heavy atom. The molecule has 0 spiro atoms. The van der Waals surface area contributed by atoms with Crippen LogP contribution in [-0.2, 0) is 14.3 Å². The number of nitrogens with zero attached hydrogens (tertiary/aromatic N) is 2. The Kier molecular flexibility index (Phi) is 7.42. The van der Waals surface area contributed by atoms with E-state index in [9.17, 15) is 9.59 Å². The zero-order valence-electron chi connectivity index (χ0n) is 14.1. The number of halogens is 2. The number of amides is 1. The van der Waals surface area contributed by atoms with Gasteiger partial charge in [0.2, 0.25) is 0 Å². The van der Waals surface area contributed by atoms with Crippen LogP contribution in [0.15, 0.2) is 42.3 Å². The number of benzene rings is 1. The van der Waals surface area contributed by atoms with Crippen molar-refractivity contribution >= 4 is 66.9 Å². The maximum absolute atomic E-state index is 11.8. The number of carbonyl (C=O) groups is 2. The average Bonchev–Trinajstić information content (AvgIpc) is 2.90. The van der Waals surface area contributed by atoms with Gasteiger partial charge in [-0.05, 0) is 53.7 Å². The summed E-state index contributed by atoms with van der Waals surface area (Å²) < 4.78 is 11.9. The van der Waals surface area contributed by atoms with Crippen LogP contribution in [0.5, 0.6) is 5.75 Å². The highest BCUT2D eigenvalue weighted by Crippen LogP contribution is 2.33. The van der Waals surface area contributed by atoms with Crippen LogP contribution in [0.25, 0.3) is 0 Å². The second kappa shape index (κ2) is 9.33. The Morgan fingerprint density at radius 1 is 1.35 bits per heavy atom. The highest BCUT2D eigenvalue weighted by molar-refractivity contribution is 9.11. The molecule has 1 aromatic carbocycles. The van der Waals surface area contributed by atoms with E-state index in [2.05, 4.69) is 52.1 Å². The molecule has 1 heterocycles. The van der Waals surface area contributed by atoms with E-state index in [-0.39, 0.29) is 16.2 Å². The van der Waals surface area contributed by atoms with E-state index in [1.165, 1.54) is 13.3 Å². The lowest BCUT2D eigenvalue weighted by Crippen LogP contribution is -2.19. The van der Waals surface area contributed by atoms with Crippen molar-refractivity contribution in [2.24, 2.45) is 10.2 Å². The molecule has 1 aliphatic heterocycles. The lowest BCUT2D eigenvalue weighted by molar-refractivity contribution is -0.135. The minimum absolute atomic E-state index is 0.0124. The largest absolute Gasteiger partial charge is 0.489 e.